The molecule has 1 aromatic heterocycles. The monoisotopic (exact) mass is 365 g/mol. The van der Waals surface area contributed by atoms with Crippen LogP contribution in [0.25, 0.3) is 10.8 Å². The second-order valence-corrected chi connectivity index (χ2v) is 6.79. The highest BCUT2D eigenvalue weighted by molar-refractivity contribution is 5.91. The van der Waals surface area contributed by atoms with Crippen LogP contribution in [0, 0.1) is 0 Å². The van der Waals surface area contributed by atoms with Gasteiger partial charge < -0.3 is 14.8 Å². The van der Waals surface area contributed by atoms with Crippen LogP contribution in [0.3, 0.4) is 0 Å². The standard InChI is InChI=1S/C21H23N3O3/c25-21(15-27-19-9-8-16-5-1-2-6-17(16)11-19)23-18-12-22-24(13-18)14-20-7-3-4-10-26-20/h1-2,5-6,8-9,11-13,20H,3-4,7,10,14-15H2,(H,23,25). The smallest absolute Gasteiger partial charge is 0.262 e. The molecule has 0 spiro atoms. The Kier molecular flexibility index (Phi) is 5.34. The minimum Gasteiger partial charge on any atom is -0.484 e. The van der Waals surface area contributed by atoms with Crippen molar-refractivity contribution in [2.24, 2.45) is 0 Å². The van der Waals surface area contributed by atoms with Crippen LogP contribution in [0.4, 0.5) is 5.69 Å². The maximum Gasteiger partial charge on any atom is 0.262 e. The molecule has 2 aromatic carbocycles. The lowest BCUT2D eigenvalue weighted by molar-refractivity contribution is -0.118. The highest BCUT2D eigenvalue weighted by Gasteiger charge is 2.15. The average Bonchev–Trinajstić information content (AvgIpc) is 3.13. The van der Waals surface area contributed by atoms with Crippen molar-refractivity contribution in [2.75, 3.05) is 18.5 Å². The van der Waals surface area contributed by atoms with Gasteiger partial charge in [0.2, 0.25) is 0 Å². The summed E-state index contributed by atoms with van der Waals surface area (Å²) in [6.45, 7) is 1.49. The summed E-state index contributed by atoms with van der Waals surface area (Å²) in [7, 11) is 0. The maximum atomic E-state index is 12.2. The van der Waals surface area contributed by atoms with Gasteiger partial charge in [-0.25, -0.2) is 0 Å². The highest BCUT2D eigenvalue weighted by atomic mass is 16.5. The molecule has 2 heterocycles. The first kappa shape index (κ1) is 17.5. The molecule has 140 valence electrons. The largest absolute Gasteiger partial charge is 0.484 e. The summed E-state index contributed by atoms with van der Waals surface area (Å²) in [5.74, 6) is 0.464. The van der Waals surface area contributed by atoms with E-state index in [4.69, 9.17) is 9.47 Å². The van der Waals surface area contributed by atoms with Gasteiger partial charge >= 0.3 is 0 Å². The van der Waals surface area contributed by atoms with Crippen LogP contribution in [0.2, 0.25) is 0 Å². The van der Waals surface area contributed by atoms with Gasteiger partial charge in [0, 0.05) is 12.8 Å². The van der Waals surface area contributed by atoms with Gasteiger partial charge in [-0.1, -0.05) is 30.3 Å². The second-order valence-electron chi connectivity index (χ2n) is 6.79. The molecule has 0 radical (unpaired) electrons. The molecule has 1 aliphatic rings. The molecule has 4 rings (SSSR count). The number of hydrogen-bond acceptors (Lipinski definition) is 4. The Morgan fingerprint density at radius 2 is 2.11 bits per heavy atom. The number of benzene rings is 2. The number of anilines is 1. The van der Waals surface area contributed by atoms with E-state index in [1.807, 2.05) is 53.3 Å². The number of nitrogens with zero attached hydrogens (tertiary/aromatic N) is 2. The quantitative estimate of drug-likeness (QED) is 0.725. The molecule has 1 atom stereocenters. The van der Waals surface area contributed by atoms with Gasteiger partial charge in [-0.15, -0.1) is 0 Å². The molecule has 1 N–H and O–H groups in total. The Hall–Kier alpha value is -2.86. The van der Waals surface area contributed by atoms with Crippen molar-refractivity contribution in [1.29, 1.82) is 0 Å². The van der Waals surface area contributed by atoms with E-state index in [1.54, 1.807) is 6.20 Å². The van der Waals surface area contributed by atoms with Crippen molar-refractivity contribution in [1.82, 2.24) is 9.78 Å². The SMILES string of the molecule is O=C(COc1ccc2ccccc2c1)Nc1cnn(CC2CCCCO2)c1. The van der Waals surface area contributed by atoms with Crippen molar-refractivity contribution in [3.63, 3.8) is 0 Å². The number of aromatic nitrogens is 2. The van der Waals surface area contributed by atoms with E-state index in [2.05, 4.69) is 10.4 Å². The van der Waals surface area contributed by atoms with Gasteiger partial charge in [-0.2, -0.15) is 5.10 Å². The Balaban J connectivity index is 1.28. The van der Waals surface area contributed by atoms with E-state index in [1.165, 1.54) is 6.42 Å². The van der Waals surface area contributed by atoms with Crippen LogP contribution in [0.15, 0.2) is 54.9 Å². The number of nitrogens with one attached hydrogen (secondary N) is 1. The lowest BCUT2D eigenvalue weighted by Crippen LogP contribution is -2.24. The van der Waals surface area contributed by atoms with Gasteiger partial charge in [0.1, 0.15) is 5.75 Å². The molecule has 1 unspecified atom stereocenters. The van der Waals surface area contributed by atoms with Crippen LogP contribution in [-0.4, -0.2) is 35.0 Å². The lowest BCUT2D eigenvalue weighted by atomic mass is 10.1. The van der Waals surface area contributed by atoms with Crippen molar-refractivity contribution in [3.8, 4) is 5.75 Å². The first-order chi connectivity index (χ1) is 13.3. The Labute approximate surface area is 158 Å². The van der Waals surface area contributed by atoms with Gasteiger partial charge in [0.15, 0.2) is 6.61 Å². The van der Waals surface area contributed by atoms with E-state index in [-0.39, 0.29) is 18.6 Å². The zero-order valence-electron chi connectivity index (χ0n) is 15.1. The lowest BCUT2D eigenvalue weighted by Gasteiger charge is -2.22. The molecule has 0 bridgehead atoms. The number of carbonyl (C=O) groups excluding carboxylic acids is 1. The molecule has 27 heavy (non-hydrogen) atoms. The van der Waals surface area contributed by atoms with Crippen LogP contribution in [0.1, 0.15) is 19.3 Å². The summed E-state index contributed by atoms with van der Waals surface area (Å²) in [6.07, 6.45) is 7.07. The Bertz CT molecular complexity index is 916. The van der Waals surface area contributed by atoms with E-state index in [0.29, 0.717) is 18.0 Å². The van der Waals surface area contributed by atoms with Gasteiger partial charge in [0.25, 0.3) is 5.91 Å². The summed E-state index contributed by atoms with van der Waals surface area (Å²) < 4.78 is 13.2. The van der Waals surface area contributed by atoms with Gasteiger partial charge in [0.05, 0.1) is 24.5 Å². The predicted octanol–water partition coefficient (Wildman–Crippen LogP) is 3.62. The van der Waals surface area contributed by atoms with Crippen molar-refractivity contribution >= 4 is 22.4 Å². The normalized spacial score (nSPS) is 17.0. The number of rotatable bonds is 6. The van der Waals surface area contributed by atoms with Crippen LogP contribution < -0.4 is 10.1 Å². The molecule has 1 saturated heterocycles. The van der Waals surface area contributed by atoms with Crippen LogP contribution >= 0.6 is 0 Å². The average molecular weight is 365 g/mol. The van der Waals surface area contributed by atoms with Crippen molar-refractivity contribution in [2.45, 2.75) is 31.9 Å². The number of ether oxygens (including phenoxy) is 2. The minimum absolute atomic E-state index is 0.0464. The van der Waals surface area contributed by atoms with Crippen molar-refractivity contribution in [3.05, 3.63) is 54.9 Å². The topological polar surface area (TPSA) is 65.4 Å². The van der Waals surface area contributed by atoms with E-state index < -0.39 is 0 Å². The van der Waals surface area contributed by atoms with E-state index >= 15 is 0 Å². The van der Waals surface area contributed by atoms with E-state index in [0.717, 1.165) is 30.2 Å². The summed E-state index contributed by atoms with van der Waals surface area (Å²) in [5, 5.41) is 9.34. The third kappa shape index (κ3) is 4.65. The zero-order valence-corrected chi connectivity index (χ0v) is 15.1. The van der Waals surface area contributed by atoms with Gasteiger partial charge in [-0.3, -0.25) is 9.48 Å². The number of fused-ring (bicyclic) bond motifs is 1. The highest BCUT2D eigenvalue weighted by Crippen LogP contribution is 2.20. The summed E-state index contributed by atoms with van der Waals surface area (Å²) in [5.41, 5.74) is 0.665. The summed E-state index contributed by atoms with van der Waals surface area (Å²) in [4.78, 5) is 12.2. The maximum absolute atomic E-state index is 12.2. The first-order valence-corrected chi connectivity index (χ1v) is 9.32. The Morgan fingerprint density at radius 3 is 2.96 bits per heavy atom. The first-order valence-electron chi connectivity index (χ1n) is 9.32. The fraction of sp³-hybridized carbons (Fsp3) is 0.333. The Morgan fingerprint density at radius 1 is 1.22 bits per heavy atom. The van der Waals surface area contributed by atoms with E-state index in [9.17, 15) is 4.79 Å². The predicted molar refractivity (Wildman–Crippen MR) is 104 cm³/mol. The fourth-order valence-corrected chi connectivity index (χ4v) is 3.29. The molecular formula is C21H23N3O3. The molecule has 0 saturated carbocycles. The third-order valence-electron chi connectivity index (χ3n) is 4.67. The third-order valence-corrected chi connectivity index (χ3v) is 4.67. The summed E-state index contributed by atoms with van der Waals surface area (Å²) in [6, 6.07) is 13.8. The number of amides is 1. The zero-order chi connectivity index (χ0) is 18.5. The fourth-order valence-electron chi connectivity index (χ4n) is 3.29. The molecule has 1 fully saturated rings. The number of carbonyl (C=O) groups is 1. The minimum atomic E-state index is -0.211. The van der Waals surface area contributed by atoms with Crippen LogP contribution in [0.5, 0.6) is 5.75 Å². The molecule has 1 aliphatic heterocycles. The molecule has 0 aliphatic carbocycles. The summed E-state index contributed by atoms with van der Waals surface area (Å²) >= 11 is 0. The second kappa shape index (κ2) is 8.22. The molecule has 6 nitrogen and oxygen atoms in total. The molecular weight excluding hydrogens is 342 g/mol. The van der Waals surface area contributed by atoms with Crippen LogP contribution in [-0.2, 0) is 16.1 Å². The number of hydrogen-bond donors (Lipinski definition) is 1. The molecule has 3 aromatic rings. The molecule has 1 amide bonds. The molecule has 6 heteroatoms. The van der Waals surface area contributed by atoms with Crippen molar-refractivity contribution < 1.29 is 14.3 Å². The van der Waals surface area contributed by atoms with Gasteiger partial charge in [-0.05, 0) is 42.2 Å².